The van der Waals surface area contributed by atoms with Crippen LogP contribution < -0.4 is 0 Å². The van der Waals surface area contributed by atoms with Crippen LogP contribution in [-0.2, 0) is 0 Å². The predicted octanol–water partition coefficient (Wildman–Crippen LogP) is 4.02. The molecule has 0 aliphatic carbocycles. The summed E-state index contributed by atoms with van der Waals surface area (Å²) in [6, 6.07) is 14.4. The number of aryl methyl sites for hydroxylation is 1. The van der Waals surface area contributed by atoms with Gasteiger partial charge in [-0.25, -0.2) is 0 Å². The van der Waals surface area contributed by atoms with Crippen molar-refractivity contribution >= 4 is 17.1 Å². The van der Waals surface area contributed by atoms with Crippen LogP contribution in [0.5, 0.6) is 0 Å². The number of carbonyl (C=O) groups excluding carboxylic acids is 1. The van der Waals surface area contributed by atoms with E-state index >= 15 is 0 Å². The Balaban J connectivity index is 2.30. The molecule has 3 rings (SSSR count). The van der Waals surface area contributed by atoms with Crippen molar-refractivity contribution in [3.63, 3.8) is 0 Å². The molecule has 19 heavy (non-hydrogen) atoms. The largest absolute Gasteiger partial charge is 0.298 e. The number of fused-ring (bicyclic) bond motifs is 1. The van der Waals surface area contributed by atoms with Gasteiger partial charge in [0.15, 0.2) is 6.29 Å². The summed E-state index contributed by atoms with van der Waals surface area (Å²) in [5.41, 5.74) is 3.93. The molecular formula is C17H13NO. The zero-order valence-corrected chi connectivity index (χ0v) is 10.6. The fourth-order valence-corrected chi connectivity index (χ4v) is 2.37. The van der Waals surface area contributed by atoms with Crippen molar-refractivity contribution in [1.82, 2.24) is 4.98 Å². The van der Waals surface area contributed by atoms with Crippen LogP contribution >= 0.6 is 0 Å². The van der Waals surface area contributed by atoms with E-state index in [0.717, 1.165) is 17.4 Å². The average Bonchev–Trinajstić information content (AvgIpc) is 2.48. The van der Waals surface area contributed by atoms with Crippen molar-refractivity contribution in [2.24, 2.45) is 0 Å². The highest BCUT2D eigenvalue weighted by Gasteiger charge is 2.06. The Kier molecular flexibility index (Phi) is 2.84. The number of hydrogen-bond donors (Lipinski definition) is 0. The second kappa shape index (κ2) is 4.65. The molecule has 0 aliphatic rings. The summed E-state index contributed by atoms with van der Waals surface area (Å²) in [6.45, 7) is 2.10. The first kappa shape index (κ1) is 11.6. The van der Waals surface area contributed by atoms with Crippen LogP contribution in [0.25, 0.3) is 21.9 Å². The lowest BCUT2D eigenvalue weighted by Gasteiger charge is -2.09. The summed E-state index contributed by atoms with van der Waals surface area (Å²) in [7, 11) is 0. The van der Waals surface area contributed by atoms with Gasteiger partial charge in [0.25, 0.3) is 0 Å². The highest BCUT2D eigenvalue weighted by molar-refractivity contribution is 5.98. The number of nitrogens with zero attached hydrogens (tertiary/aromatic N) is 1. The van der Waals surface area contributed by atoms with Gasteiger partial charge in [0.2, 0.25) is 0 Å². The smallest absolute Gasteiger partial charge is 0.151 e. The van der Waals surface area contributed by atoms with E-state index in [9.17, 15) is 4.79 Å². The third-order valence-corrected chi connectivity index (χ3v) is 3.35. The lowest BCUT2D eigenvalue weighted by molar-refractivity contribution is 0.112. The first-order valence-electron chi connectivity index (χ1n) is 6.18. The zero-order valence-electron chi connectivity index (χ0n) is 10.6. The fourth-order valence-electron chi connectivity index (χ4n) is 2.37. The van der Waals surface area contributed by atoms with Crippen LogP contribution in [0.3, 0.4) is 0 Å². The van der Waals surface area contributed by atoms with Gasteiger partial charge in [-0.15, -0.1) is 0 Å². The van der Waals surface area contributed by atoms with Crippen LogP contribution in [0.4, 0.5) is 0 Å². The van der Waals surface area contributed by atoms with Crippen LogP contribution in [-0.4, -0.2) is 11.3 Å². The summed E-state index contributed by atoms with van der Waals surface area (Å²) in [5.74, 6) is 0. The Labute approximate surface area is 111 Å². The Morgan fingerprint density at radius 1 is 1.00 bits per heavy atom. The number of pyridine rings is 1. The second-order valence-electron chi connectivity index (χ2n) is 4.60. The van der Waals surface area contributed by atoms with E-state index in [1.807, 2.05) is 18.2 Å². The van der Waals surface area contributed by atoms with Gasteiger partial charge >= 0.3 is 0 Å². The van der Waals surface area contributed by atoms with Crippen molar-refractivity contribution in [2.75, 3.05) is 0 Å². The molecule has 0 radical (unpaired) electrons. The van der Waals surface area contributed by atoms with E-state index in [-0.39, 0.29) is 0 Å². The predicted molar refractivity (Wildman–Crippen MR) is 77.3 cm³/mol. The molecule has 0 N–H and O–H groups in total. The monoisotopic (exact) mass is 247 g/mol. The number of benzene rings is 2. The fraction of sp³-hybridized carbons (Fsp3) is 0.0588. The topological polar surface area (TPSA) is 30.0 Å². The third-order valence-electron chi connectivity index (χ3n) is 3.35. The first-order valence-corrected chi connectivity index (χ1v) is 6.18. The van der Waals surface area contributed by atoms with Crippen molar-refractivity contribution in [3.8, 4) is 11.1 Å². The molecule has 2 heteroatoms. The van der Waals surface area contributed by atoms with Crippen molar-refractivity contribution < 1.29 is 4.79 Å². The summed E-state index contributed by atoms with van der Waals surface area (Å²) in [4.78, 5) is 15.0. The SMILES string of the molecule is Cc1ccc(-c2cncc(C=O)c2)c2ccccc12. The minimum Gasteiger partial charge on any atom is -0.298 e. The van der Waals surface area contributed by atoms with E-state index in [0.29, 0.717) is 5.56 Å². The minimum absolute atomic E-state index is 0.599. The van der Waals surface area contributed by atoms with E-state index in [1.54, 1.807) is 12.4 Å². The van der Waals surface area contributed by atoms with E-state index in [2.05, 4.69) is 36.2 Å². The van der Waals surface area contributed by atoms with E-state index in [4.69, 9.17) is 0 Å². The Hall–Kier alpha value is -2.48. The minimum atomic E-state index is 0.599. The number of hydrogen-bond acceptors (Lipinski definition) is 2. The molecule has 2 nitrogen and oxygen atoms in total. The van der Waals surface area contributed by atoms with Crippen LogP contribution in [0.1, 0.15) is 15.9 Å². The molecule has 0 unspecified atom stereocenters. The summed E-state index contributed by atoms with van der Waals surface area (Å²) in [6.07, 6.45) is 4.20. The van der Waals surface area contributed by atoms with E-state index in [1.165, 1.54) is 16.3 Å². The van der Waals surface area contributed by atoms with Gasteiger partial charge in [0.05, 0.1) is 0 Å². The number of carbonyl (C=O) groups is 1. The van der Waals surface area contributed by atoms with Crippen molar-refractivity contribution in [3.05, 3.63) is 66.0 Å². The molecule has 0 saturated heterocycles. The molecule has 0 amide bonds. The van der Waals surface area contributed by atoms with Gasteiger partial charge in [0.1, 0.15) is 0 Å². The lowest BCUT2D eigenvalue weighted by Crippen LogP contribution is -1.88. The van der Waals surface area contributed by atoms with Gasteiger partial charge < -0.3 is 0 Å². The average molecular weight is 247 g/mol. The number of aromatic nitrogens is 1. The molecule has 2 aromatic carbocycles. The van der Waals surface area contributed by atoms with Gasteiger partial charge in [-0.2, -0.15) is 0 Å². The molecule has 0 aliphatic heterocycles. The third kappa shape index (κ3) is 2.02. The molecule has 0 atom stereocenters. The Morgan fingerprint density at radius 3 is 2.58 bits per heavy atom. The lowest BCUT2D eigenvalue weighted by atomic mass is 9.96. The maximum Gasteiger partial charge on any atom is 0.151 e. The van der Waals surface area contributed by atoms with Crippen molar-refractivity contribution in [2.45, 2.75) is 6.92 Å². The van der Waals surface area contributed by atoms with Gasteiger partial charge in [-0.1, -0.05) is 36.4 Å². The van der Waals surface area contributed by atoms with Gasteiger partial charge in [-0.3, -0.25) is 9.78 Å². The maximum absolute atomic E-state index is 10.9. The van der Waals surface area contributed by atoms with Crippen LogP contribution in [0.2, 0.25) is 0 Å². The summed E-state index contributed by atoms with van der Waals surface area (Å²) < 4.78 is 0. The quantitative estimate of drug-likeness (QED) is 0.640. The Morgan fingerprint density at radius 2 is 1.79 bits per heavy atom. The molecular weight excluding hydrogens is 234 g/mol. The zero-order chi connectivity index (χ0) is 13.2. The van der Waals surface area contributed by atoms with Gasteiger partial charge in [0, 0.05) is 23.5 Å². The summed E-state index contributed by atoms with van der Waals surface area (Å²) >= 11 is 0. The molecule has 92 valence electrons. The Bertz CT molecular complexity index is 762. The van der Waals surface area contributed by atoms with Crippen LogP contribution in [0, 0.1) is 6.92 Å². The molecule has 0 spiro atoms. The molecule has 0 fully saturated rings. The maximum atomic E-state index is 10.9. The standard InChI is InChI=1S/C17H13NO/c1-12-6-7-16(17-5-3-2-4-15(12)17)14-8-13(11-19)9-18-10-14/h2-11H,1H3. The van der Waals surface area contributed by atoms with E-state index < -0.39 is 0 Å². The number of aldehydes is 1. The first-order chi connectivity index (χ1) is 9.29. The van der Waals surface area contributed by atoms with Crippen LogP contribution in [0.15, 0.2) is 54.9 Å². The van der Waals surface area contributed by atoms with Gasteiger partial charge in [-0.05, 0) is 34.9 Å². The molecule has 1 heterocycles. The number of rotatable bonds is 2. The molecule has 1 aromatic heterocycles. The highest BCUT2D eigenvalue weighted by Crippen LogP contribution is 2.30. The van der Waals surface area contributed by atoms with Crippen molar-refractivity contribution in [1.29, 1.82) is 0 Å². The summed E-state index contributed by atoms with van der Waals surface area (Å²) in [5, 5.41) is 2.42. The second-order valence-corrected chi connectivity index (χ2v) is 4.60. The molecule has 3 aromatic rings. The molecule has 0 bridgehead atoms. The molecule has 0 saturated carbocycles. The normalized spacial score (nSPS) is 10.6. The highest BCUT2D eigenvalue weighted by atomic mass is 16.1.